The van der Waals surface area contributed by atoms with Gasteiger partial charge in [0.25, 0.3) is 0 Å². The fraction of sp³-hybridized carbons (Fsp3) is 0.167. The summed E-state index contributed by atoms with van der Waals surface area (Å²) in [6.45, 7) is 0. The molecular weight excluding hydrogens is 270 g/mol. The van der Waals surface area contributed by atoms with Crippen molar-refractivity contribution in [3.05, 3.63) is 28.4 Å². The molecule has 94 valence electrons. The van der Waals surface area contributed by atoms with Gasteiger partial charge < -0.3 is 14.8 Å². The van der Waals surface area contributed by atoms with Crippen LogP contribution in [-0.2, 0) is 7.05 Å². The smallest absolute Gasteiger partial charge is 0.342 e. The second kappa shape index (κ2) is 4.62. The second-order valence-corrected chi connectivity index (χ2v) is 5.04. The molecule has 0 unspecified atom stereocenters. The van der Waals surface area contributed by atoms with Crippen molar-refractivity contribution in [3.8, 4) is 5.75 Å². The molecule has 0 fully saturated rings. The molecule has 0 amide bonds. The first-order chi connectivity index (χ1) is 8.47. The van der Waals surface area contributed by atoms with E-state index in [1.165, 1.54) is 11.8 Å². The maximum Gasteiger partial charge on any atom is 0.342 e. The Balaban J connectivity index is 2.99. The largest absolute Gasteiger partial charge is 0.506 e. The molecule has 2 N–H and O–H groups in total. The number of nitrogens with zero attached hydrogens (tertiary/aromatic N) is 1. The summed E-state index contributed by atoms with van der Waals surface area (Å²) >= 11 is 6.59. The molecule has 0 saturated heterocycles. The molecule has 1 heterocycles. The zero-order valence-electron chi connectivity index (χ0n) is 9.80. The maximum atomic E-state index is 11.1. The molecule has 0 radical (unpaired) electrons. The molecule has 0 aliphatic carbocycles. The van der Waals surface area contributed by atoms with Crippen molar-refractivity contribution in [2.75, 3.05) is 6.26 Å². The van der Waals surface area contributed by atoms with Crippen LogP contribution >= 0.6 is 24.0 Å². The highest BCUT2D eigenvalue weighted by Gasteiger charge is 2.18. The monoisotopic (exact) mass is 281 g/mol. The molecule has 6 heteroatoms. The zero-order valence-corrected chi connectivity index (χ0v) is 11.4. The highest BCUT2D eigenvalue weighted by atomic mass is 32.2. The number of rotatable bonds is 2. The lowest BCUT2D eigenvalue weighted by molar-refractivity contribution is 0.0692. The summed E-state index contributed by atoms with van der Waals surface area (Å²) in [7, 11) is 1.69. The number of fused-ring (bicyclic) bond motifs is 1. The summed E-state index contributed by atoms with van der Waals surface area (Å²) in [5, 5.41) is 19.7. The van der Waals surface area contributed by atoms with Gasteiger partial charge in [-0.3, -0.25) is 0 Å². The van der Waals surface area contributed by atoms with Gasteiger partial charge in [0.2, 0.25) is 0 Å². The Labute approximate surface area is 113 Å². The van der Waals surface area contributed by atoms with Crippen LogP contribution in [0.1, 0.15) is 10.4 Å². The van der Waals surface area contributed by atoms with E-state index in [1.54, 1.807) is 17.7 Å². The fourth-order valence-corrected chi connectivity index (χ4v) is 2.55. The van der Waals surface area contributed by atoms with E-state index in [2.05, 4.69) is 0 Å². The minimum Gasteiger partial charge on any atom is -0.506 e. The third-order valence-electron chi connectivity index (χ3n) is 2.79. The normalized spacial score (nSPS) is 10.8. The summed E-state index contributed by atoms with van der Waals surface area (Å²) in [5.74, 6) is -1.49. The van der Waals surface area contributed by atoms with Gasteiger partial charge in [0.05, 0.1) is 5.52 Å². The Bertz CT molecular complexity index is 707. The van der Waals surface area contributed by atoms with Gasteiger partial charge in [-0.15, -0.1) is 11.8 Å². The molecule has 0 spiro atoms. The lowest BCUT2D eigenvalue weighted by Crippen LogP contribution is -2.06. The summed E-state index contributed by atoms with van der Waals surface area (Å²) in [6, 6.07) is 5.49. The van der Waals surface area contributed by atoms with Crippen molar-refractivity contribution in [1.29, 1.82) is 0 Å². The van der Waals surface area contributed by atoms with E-state index >= 15 is 0 Å². The molecule has 0 bridgehead atoms. The number of aromatic nitrogens is 1. The van der Waals surface area contributed by atoms with E-state index in [1.807, 2.05) is 18.4 Å². The average Bonchev–Trinajstić information content (AvgIpc) is 2.35. The van der Waals surface area contributed by atoms with E-state index < -0.39 is 5.97 Å². The van der Waals surface area contributed by atoms with E-state index in [0.717, 1.165) is 4.90 Å². The SMILES string of the molecule is CSc1ccc2c(c1)c(O)c(C(=O)O)c(=S)n2C. The molecule has 0 aliphatic rings. The Morgan fingerprint density at radius 3 is 2.67 bits per heavy atom. The van der Waals surface area contributed by atoms with Crippen LogP contribution in [0.5, 0.6) is 5.75 Å². The van der Waals surface area contributed by atoms with Gasteiger partial charge in [0.15, 0.2) is 0 Å². The van der Waals surface area contributed by atoms with Gasteiger partial charge in [-0.1, -0.05) is 12.2 Å². The molecule has 0 saturated carbocycles. The van der Waals surface area contributed by atoms with Crippen LogP contribution in [0.2, 0.25) is 0 Å². The first-order valence-electron chi connectivity index (χ1n) is 5.10. The third-order valence-corrected chi connectivity index (χ3v) is 3.99. The fourth-order valence-electron chi connectivity index (χ4n) is 1.83. The van der Waals surface area contributed by atoms with Gasteiger partial charge in [-0.2, -0.15) is 0 Å². The number of hydrogen-bond acceptors (Lipinski definition) is 4. The van der Waals surface area contributed by atoms with E-state index in [0.29, 0.717) is 10.9 Å². The Morgan fingerprint density at radius 2 is 2.11 bits per heavy atom. The van der Waals surface area contributed by atoms with E-state index in [4.69, 9.17) is 17.3 Å². The molecule has 18 heavy (non-hydrogen) atoms. The highest BCUT2D eigenvalue weighted by molar-refractivity contribution is 7.98. The van der Waals surface area contributed by atoms with Crippen LogP contribution in [-0.4, -0.2) is 27.0 Å². The van der Waals surface area contributed by atoms with Crippen molar-refractivity contribution in [2.24, 2.45) is 7.05 Å². The Kier molecular flexibility index (Phi) is 3.32. The summed E-state index contributed by atoms with van der Waals surface area (Å²) < 4.78 is 1.71. The predicted octanol–water partition coefficient (Wildman–Crippen LogP) is 3.03. The molecule has 4 nitrogen and oxygen atoms in total. The number of carbonyl (C=O) groups is 1. The number of carboxylic acid groups (broad SMARTS) is 1. The van der Waals surface area contributed by atoms with Gasteiger partial charge in [0.1, 0.15) is 16.0 Å². The Hall–Kier alpha value is -1.53. The predicted molar refractivity (Wildman–Crippen MR) is 74.2 cm³/mol. The number of aromatic hydroxyl groups is 1. The first kappa shape index (κ1) is 12.9. The molecule has 1 aromatic carbocycles. The minimum atomic E-state index is -1.22. The van der Waals surface area contributed by atoms with Crippen molar-refractivity contribution in [2.45, 2.75) is 4.90 Å². The summed E-state index contributed by atoms with van der Waals surface area (Å²) in [5.41, 5.74) is 0.485. The van der Waals surface area contributed by atoms with E-state index in [-0.39, 0.29) is 16.0 Å². The third kappa shape index (κ3) is 1.87. The summed E-state index contributed by atoms with van der Waals surface area (Å²) in [4.78, 5) is 12.1. The number of thioether (sulfide) groups is 1. The molecule has 2 rings (SSSR count). The van der Waals surface area contributed by atoms with Crippen molar-refractivity contribution in [1.82, 2.24) is 4.57 Å². The molecule has 0 atom stereocenters. The van der Waals surface area contributed by atoms with Crippen molar-refractivity contribution in [3.63, 3.8) is 0 Å². The van der Waals surface area contributed by atoms with Gasteiger partial charge in [-0.05, 0) is 24.5 Å². The van der Waals surface area contributed by atoms with Crippen LogP contribution in [0.25, 0.3) is 10.9 Å². The zero-order chi connectivity index (χ0) is 13.4. The molecule has 1 aromatic heterocycles. The molecular formula is C12H11NO3S2. The van der Waals surface area contributed by atoms with Crippen LogP contribution in [0.15, 0.2) is 23.1 Å². The van der Waals surface area contributed by atoms with Crippen LogP contribution in [0.3, 0.4) is 0 Å². The molecule has 0 aliphatic heterocycles. The van der Waals surface area contributed by atoms with Gasteiger partial charge >= 0.3 is 5.97 Å². The topological polar surface area (TPSA) is 62.5 Å². The van der Waals surface area contributed by atoms with Gasteiger partial charge in [-0.25, -0.2) is 4.79 Å². The number of pyridine rings is 1. The van der Waals surface area contributed by atoms with Crippen LogP contribution < -0.4 is 0 Å². The quantitative estimate of drug-likeness (QED) is 0.654. The number of carboxylic acids is 1. The average molecular weight is 281 g/mol. The number of aryl methyl sites for hydroxylation is 1. The Morgan fingerprint density at radius 1 is 1.44 bits per heavy atom. The lowest BCUT2D eigenvalue weighted by Gasteiger charge is -2.11. The van der Waals surface area contributed by atoms with Gasteiger partial charge in [0, 0.05) is 17.3 Å². The number of hydrogen-bond donors (Lipinski definition) is 2. The van der Waals surface area contributed by atoms with E-state index in [9.17, 15) is 9.90 Å². The number of aromatic carboxylic acids is 1. The first-order valence-corrected chi connectivity index (χ1v) is 6.73. The summed E-state index contributed by atoms with van der Waals surface area (Å²) in [6.07, 6.45) is 1.91. The highest BCUT2D eigenvalue weighted by Crippen LogP contribution is 2.32. The number of benzene rings is 1. The van der Waals surface area contributed by atoms with Crippen molar-refractivity contribution < 1.29 is 15.0 Å². The lowest BCUT2D eigenvalue weighted by atomic mass is 10.1. The minimum absolute atomic E-state index is 0.115. The molecule has 2 aromatic rings. The van der Waals surface area contributed by atoms with Crippen LogP contribution in [0, 0.1) is 4.64 Å². The van der Waals surface area contributed by atoms with Crippen molar-refractivity contribution >= 4 is 40.9 Å². The second-order valence-electron chi connectivity index (χ2n) is 3.78. The van der Waals surface area contributed by atoms with Crippen LogP contribution in [0.4, 0.5) is 0 Å². The maximum absolute atomic E-state index is 11.1. The standard InChI is InChI=1S/C12H11NO3S2/c1-13-8-4-3-6(18-2)5-7(8)10(14)9(11(13)17)12(15)16/h3-5,14H,1-2H3,(H,15,16).